The van der Waals surface area contributed by atoms with E-state index in [2.05, 4.69) is 19.2 Å². The zero-order valence-corrected chi connectivity index (χ0v) is 32.4. The van der Waals surface area contributed by atoms with Gasteiger partial charge in [0, 0.05) is 0 Å². The Kier molecular flexibility index (Phi) is 38.1. The van der Waals surface area contributed by atoms with Crippen LogP contribution in [0.5, 0.6) is 0 Å². The average Bonchev–Trinajstić information content (AvgIpc) is 3.09. The fourth-order valence-corrected chi connectivity index (χ4v) is 6.71. The molecule has 0 rings (SSSR count). The van der Waals surface area contributed by atoms with Gasteiger partial charge < -0.3 is 20.6 Å². The SMILES string of the molecule is CCCCCCCCCCCCCCC/C=C/C(O)C(CO)NC(=O)C(O)CCCCCCCCCCCCCCCCCCCCC. The first kappa shape index (κ1) is 47.1. The number of allylic oxidation sites excluding steroid dienone is 1. The minimum atomic E-state index is -1.09. The van der Waals surface area contributed by atoms with E-state index >= 15 is 0 Å². The molecule has 0 aliphatic heterocycles. The summed E-state index contributed by atoms with van der Waals surface area (Å²) in [6.45, 7) is 4.19. The number of aliphatic hydroxyl groups is 3. The normalized spacial score (nSPS) is 13.7. The number of unbranched alkanes of at least 4 members (excludes halogenated alkanes) is 31. The van der Waals surface area contributed by atoms with Gasteiger partial charge in [-0.25, -0.2) is 0 Å². The minimum absolute atomic E-state index is 0.359. The molecule has 5 nitrogen and oxygen atoms in total. The van der Waals surface area contributed by atoms with Crippen LogP contribution in [0, 0.1) is 0 Å². The van der Waals surface area contributed by atoms with Gasteiger partial charge in [-0.2, -0.15) is 0 Å². The van der Waals surface area contributed by atoms with E-state index < -0.39 is 24.2 Å². The molecule has 48 heavy (non-hydrogen) atoms. The Hall–Kier alpha value is -0.910. The quantitative estimate of drug-likeness (QED) is 0.0384. The molecule has 0 saturated heterocycles. The highest BCUT2D eigenvalue weighted by molar-refractivity contribution is 5.80. The molecule has 3 atom stereocenters. The molecule has 0 fully saturated rings. The first-order valence-electron chi connectivity index (χ1n) is 21.5. The summed E-state index contributed by atoms with van der Waals surface area (Å²) in [5, 5.41) is 33.1. The van der Waals surface area contributed by atoms with Gasteiger partial charge in [-0.15, -0.1) is 0 Å². The Morgan fingerprint density at radius 3 is 1.15 bits per heavy atom. The van der Waals surface area contributed by atoms with Crippen molar-refractivity contribution >= 4 is 5.91 Å². The standard InChI is InChI=1S/C43H85NO4/c1-3-5-7-9-11-13-15-17-19-20-21-22-24-26-28-30-32-34-36-38-42(47)43(48)44-40(39-45)41(46)37-35-33-31-29-27-25-23-18-16-14-12-10-8-6-4-2/h35,37,40-42,45-47H,3-34,36,38-39H2,1-2H3,(H,44,48)/b37-35+. The number of nitrogens with one attached hydrogen (secondary N) is 1. The van der Waals surface area contributed by atoms with Gasteiger partial charge in [0.1, 0.15) is 6.10 Å². The molecule has 0 aromatic carbocycles. The van der Waals surface area contributed by atoms with E-state index in [1.807, 2.05) is 6.08 Å². The monoisotopic (exact) mass is 680 g/mol. The van der Waals surface area contributed by atoms with Crippen molar-refractivity contribution in [2.45, 2.75) is 250 Å². The van der Waals surface area contributed by atoms with Crippen LogP contribution in [0.15, 0.2) is 12.2 Å². The molecule has 0 saturated carbocycles. The highest BCUT2D eigenvalue weighted by atomic mass is 16.3. The summed E-state index contributed by atoms with van der Waals surface area (Å²) in [5.41, 5.74) is 0. The van der Waals surface area contributed by atoms with Crippen molar-refractivity contribution in [2.75, 3.05) is 6.61 Å². The number of aliphatic hydroxyl groups excluding tert-OH is 3. The highest BCUT2D eigenvalue weighted by Gasteiger charge is 2.22. The number of hydrogen-bond acceptors (Lipinski definition) is 4. The maximum absolute atomic E-state index is 12.4. The molecule has 5 heteroatoms. The molecule has 0 aliphatic carbocycles. The molecule has 3 unspecified atom stereocenters. The highest BCUT2D eigenvalue weighted by Crippen LogP contribution is 2.16. The second kappa shape index (κ2) is 38.9. The average molecular weight is 680 g/mol. The largest absolute Gasteiger partial charge is 0.394 e. The second-order valence-electron chi connectivity index (χ2n) is 14.9. The molecular weight excluding hydrogens is 594 g/mol. The third-order valence-corrected chi connectivity index (χ3v) is 10.1. The summed E-state index contributed by atoms with van der Waals surface area (Å²) < 4.78 is 0. The summed E-state index contributed by atoms with van der Waals surface area (Å²) in [6.07, 6.45) is 45.2. The van der Waals surface area contributed by atoms with Crippen molar-refractivity contribution in [1.82, 2.24) is 5.32 Å². The summed E-state index contributed by atoms with van der Waals surface area (Å²) >= 11 is 0. The predicted molar refractivity (Wildman–Crippen MR) is 208 cm³/mol. The summed E-state index contributed by atoms with van der Waals surface area (Å²) in [4.78, 5) is 12.4. The summed E-state index contributed by atoms with van der Waals surface area (Å²) in [5.74, 6) is -0.500. The molecule has 1 amide bonds. The zero-order valence-electron chi connectivity index (χ0n) is 32.4. The molecular formula is C43H85NO4. The number of hydrogen-bond donors (Lipinski definition) is 4. The number of carbonyl (C=O) groups is 1. The van der Waals surface area contributed by atoms with Gasteiger partial charge in [0.05, 0.1) is 18.8 Å². The number of carbonyl (C=O) groups excluding carboxylic acids is 1. The lowest BCUT2D eigenvalue weighted by Crippen LogP contribution is -2.48. The van der Waals surface area contributed by atoms with E-state index in [-0.39, 0.29) is 6.61 Å². The minimum Gasteiger partial charge on any atom is -0.394 e. The fraction of sp³-hybridized carbons (Fsp3) is 0.930. The van der Waals surface area contributed by atoms with Gasteiger partial charge in [-0.1, -0.05) is 225 Å². The van der Waals surface area contributed by atoms with Crippen molar-refractivity contribution in [3.8, 4) is 0 Å². The molecule has 0 spiro atoms. The van der Waals surface area contributed by atoms with Crippen LogP contribution in [-0.4, -0.2) is 46.1 Å². The molecule has 0 aromatic heterocycles. The molecule has 0 aliphatic rings. The fourth-order valence-electron chi connectivity index (χ4n) is 6.71. The third-order valence-electron chi connectivity index (χ3n) is 10.1. The van der Waals surface area contributed by atoms with Crippen LogP contribution in [0.25, 0.3) is 0 Å². The zero-order chi connectivity index (χ0) is 35.2. The Bertz CT molecular complexity index is 669. The first-order chi connectivity index (χ1) is 23.6. The Labute approximate surface area is 299 Å². The lowest BCUT2D eigenvalue weighted by atomic mass is 10.0. The van der Waals surface area contributed by atoms with Crippen molar-refractivity contribution in [2.24, 2.45) is 0 Å². The maximum Gasteiger partial charge on any atom is 0.249 e. The van der Waals surface area contributed by atoms with E-state index in [1.165, 1.54) is 180 Å². The molecule has 0 heterocycles. The lowest BCUT2D eigenvalue weighted by Gasteiger charge is -2.21. The first-order valence-corrected chi connectivity index (χ1v) is 21.5. The summed E-state index contributed by atoms with van der Waals surface area (Å²) in [7, 11) is 0. The lowest BCUT2D eigenvalue weighted by molar-refractivity contribution is -0.131. The van der Waals surface area contributed by atoms with Crippen LogP contribution in [0.1, 0.15) is 232 Å². The molecule has 0 radical (unpaired) electrons. The van der Waals surface area contributed by atoms with E-state index in [0.29, 0.717) is 6.42 Å². The molecule has 286 valence electrons. The smallest absolute Gasteiger partial charge is 0.249 e. The van der Waals surface area contributed by atoms with Gasteiger partial charge in [0.15, 0.2) is 0 Å². The third kappa shape index (κ3) is 33.6. The van der Waals surface area contributed by atoms with Crippen molar-refractivity contribution < 1.29 is 20.1 Å². The van der Waals surface area contributed by atoms with Crippen molar-refractivity contribution in [1.29, 1.82) is 0 Å². The van der Waals surface area contributed by atoms with Crippen LogP contribution in [0.2, 0.25) is 0 Å². The Balaban J connectivity index is 3.64. The molecule has 4 N–H and O–H groups in total. The second-order valence-corrected chi connectivity index (χ2v) is 14.9. The molecule has 0 aromatic rings. The van der Waals surface area contributed by atoms with Crippen LogP contribution in [0.4, 0.5) is 0 Å². The van der Waals surface area contributed by atoms with Gasteiger partial charge in [0.2, 0.25) is 5.91 Å². The maximum atomic E-state index is 12.4. The van der Waals surface area contributed by atoms with E-state index in [4.69, 9.17) is 0 Å². The van der Waals surface area contributed by atoms with E-state index in [1.54, 1.807) is 6.08 Å². The predicted octanol–water partition coefficient (Wildman–Crippen LogP) is 12.0. The van der Waals surface area contributed by atoms with Gasteiger partial charge in [-0.05, 0) is 19.3 Å². The van der Waals surface area contributed by atoms with Crippen molar-refractivity contribution in [3.05, 3.63) is 12.2 Å². The van der Waals surface area contributed by atoms with Crippen LogP contribution < -0.4 is 5.32 Å². The van der Waals surface area contributed by atoms with Gasteiger partial charge >= 0.3 is 0 Å². The number of amides is 1. The van der Waals surface area contributed by atoms with Gasteiger partial charge in [-0.3, -0.25) is 4.79 Å². The van der Waals surface area contributed by atoms with E-state index in [0.717, 1.165) is 32.1 Å². The van der Waals surface area contributed by atoms with Crippen molar-refractivity contribution in [3.63, 3.8) is 0 Å². The van der Waals surface area contributed by atoms with Gasteiger partial charge in [0.25, 0.3) is 0 Å². The number of rotatable bonds is 39. The van der Waals surface area contributed by atoms with Crippen LogP contribution >= 0.6 is 0 Å². The van der Waals surface area contributed by atoms with E-state index in [9.17, 15) is 20.1 Å². The van der Waals surface area contributed by atoms with Crippen LogP contribution in [-0.2, 0) is 4.79 Å². The molecule has 0 bridgehead atoms. The topological polar surface area (TPSA) is 89.8 Å². The summed E-state index contributed by atoms with van der Waals surface area (Å²) in [6, 6.07) is -0.792. The Morgan fingerprint density at radius 1 is 0.500 bits per heavy atom. The van der Waals surface area contributed by atoms with Crippen LogP contribution in [0.3, 0.4) is 0 Å². The Morgan fingerprint density at radius 2 is 0.812 bits per heavy atom.